The standard InChI is InChI=1S/C19H25N7O2/c1-4-6-8-25-12-17(21-23-25)15-10-14(19(27)28-3)11-16(20-15)18-13-26(24-22-18)9-7-5-2/h10-13H,4-9H2,1-3H3. The van der Waals surface area contributed by atoms with Crippen molar-refractivity contribution in [3.05, 3.63) is 30.1 Å². The Morgan fingerprint density at radius 1 is 0.893 bits per heavy atom. The van der Waals surface area contributed by atoms with E-state index < -0.39 is 5.97 Å². The summed E-state index contributed by atoms with van der Waals surface area (Å²) in [5.41, 5.74) is 2.67. The summed E-state index contributed by atoms with van der Waals surface area (Å²) in [7, 11) is 1.35. The quantitative estimate of drug-likeness (QED) is 0.524. The maximum Gasteiger partial charge on any atom is 0.338 e. The number of nitrogens with zero attached hydrogens (tertiary/aromatic N) is 7. The SMILES string of the molecule is CCCCn1cc(-c2cc(C(=O)OC)cc(-c3cn(CCCC)nn3)n2)nn1. The van der Waals surface area contributed by atoms with Gasteiger partial charge in [-0.05, 0) is 25.0 Å². The van der Waals surface area contributed by atoms with Gasteiger partial charge in [0, 0.05) is 13.1 Å². The van der Waals surface area contributed by atoms with E-state index in [1.165, 1.54) is 7.11 Å². The maximum absolute atomic E-state index is 12.1. The largest absolute Gasteiger partial charge is 0.465 e. The fraction of sp³-hybridized carbons (Fsp3) is 0.474. The fourth-order valence-electron chi connectivity index (χ4n) is 2.72. The normalized spacial score (nSPS) is 11.0. The van der Waals surface area contributed by atoms with Crippen molar-refractivity contribution < 1.29 is 9.53 Å². The zero-order valence-electron chi connectivity index (χ0n) is 16.5. The van der Waals surface area contributed by atoms with E-state index in [0.717, 1.165) is 38.8 Å². The number of carbonyl (C=O) groups is 1. The second-order valence-corrected chi connectivity index (χ2v) is 6.56. The molecule has 0 saturated carbocycles. The van der Waals surface area contributed by atoms with Crippen molar-refractivity contribution >= 4 is 5.97 Å². The Morgan fingerprint density at radius 2 is 1.39 bits per heavy atom. The molecule has 0 unspecified atom stereocenters. The molecular weight excluding hydrogens is 358 g/mol. The van der Waals surface area contributed by atoms with Gasteiger partial charge < -0.3 is 4.74 Å². The molecule has 3 rings (SSSR count). The van der Waals surface area contributed by atoms with Crippen LogP contribution in [0.4, 0.5) is 0 Å². The van der Waals surface area contributed by atoms with Gasteiger partial charge in [0.15, 0.2) is 0 Å². The van der Waals surface area contributed by atoms with Crippen molar-refractivity contribution in [1.82, 2.24) is 35.0 Å². The maximum atomic E-state index is 12.1. The number of unbranched alkanes of at least 4 members (excludes halogenated alkanes) is 2. The first kappa shape index (κ1) is 19.7. The molecule has 0 saturated heterocycles. The summed E-state index contributed by atoms with van der Waals surface area (Å²) in [6.07, 6.45) is 7.85. The third-order valence-corrected chi connectivity index (χ3v) is 4.33. The molecule has 3 heterocycles. The molecule has 0 aliphatic heterocycles. The summed E-state index contributed by atoms with van der Waals surface area (Å²) >= 11 is 0. The molecule has 0 spiro atoms. The number of aryl methyl sites for hydroxylation is 2. The van der Waals surface area contributed by atoms with Gasteiger partial charge in [0.2, 0.25) is 0 Å². The van der Waals surface area contributed by atoms with E-state index in [0.29, 0.717) is 28.3 Å². The number of carbonyl (C=O) groups excluding carboxylic acids is 1. The van der Waals surface area contributed by atoms with Crippen molar-refractivity contribution in [3.63, 3.8) is 0 Å². The van der Waals surface area contributed by atoms with Gasteiger partial charge in [-0.15, -0.1) is 10.2 Å². The van der Waals surface area contributed by atoms with Crippen LogP contribution in [0.5, 0.6) is 0 Å². The average molecular weight is 383 g/mol. The minimum absolute atomic E-state index is 0.383. The highest BCUT2D eigenvalue weighted by atomic mass is 16.5. The predicted molar refractivity (Wildman–Crippen MR) is 103 cm³/mol. The Morgan fingerprint density at radius 3 is 1.82 bits per heavy atom. The Balaban J connectivity index is 1.96. The summed E-state index contributed by atoms with van der Waals surface area (Å²) in [5.74, 6) is -0.443. The van der Waals surface area contributed by atoms with Crippen molar-refractivity contribution in [3.8, 4) is 22.8 Å². The molecule has 9 nitrogen and oxygen atoms in total. The smallest absolute Gasteiger partial charge is 0.338 e. The van der Waals surface area contributed by atoms with Gasteiger partial charge >= 0.3 is 5.97 Å². The van der Waals surface area contributed by atoms with Crippen molar-refractivity contribution in [1.29, 1.82) is 0 Å². The number of hydrogen-bond acceptors (Lipinski definition) is 7. The number of ether oxygens (including phenoxy) is 1. The van der Waals surface area contributed by atoms with Gasteiger partial charge in [-0.3, -0.25) is 9.36 Å². The fourth-order valence-corrected chi connectivity index (χ4v) is 2.72. The van der Waals surface area contributed by atoms with Gasteiger partial charge in [0.05, 0.1) is 36.5 Å². The minimum atomic E-state index is -0.443. The summed E-state index contributed by atoms with van der Waals surface area (Å²) in [6.45, 7) is 5.83. The molecule has 0 radical (unpaired) electrons. The first-order chi connectivity index (χ1) is 13.6. The summed E-state index contributed by atoms with van der Waals surface area (Å²) in [4.78, 5) is 16.8. The lowest BCUT2D eigenvalue weighted by molar-refractivity contribution is 0.0600. The Hall–Kier alpha value is -3.10. The van der Waals surface area contributed by atoms with Crippen LogP contribution in [-0.2, 0) is 17.8 Å². The number of aromatic nitrogens is 7. The van der Waals surface area contributed by atoms with E-state index in [-0.39, 0.29) is 0 Å². The number of rotatable bonds is 9. The van der Waals surface area contributed by atoms with E-state index in [1.807, 2.05) is 12.4 Å². The average Bonchev–Trinajstić information content (AvgIpc) is 3.39. The third kappa shape index (κ3) is 4.59. The highest BCUT2D eigenvalue weighted by Gasteiger charge is 2.16. The van der Waals surface area contributed by atoms with Crippen LogP contribution in [-0.4, -0.2) is 48.1 Å². The van der Waals surface area contributed by atoms with Crippen LogP contribution in [0.3, 0.4) is 0 Å². The predicted octanol–water partition coefficient (Wildman–Crippen LogP) is 2.99. The molecule has 28 heavy (non-hydrogen) atoms. The molecule has 0 aliphatic rings. The molecule has 0 aliphatic carbocycles. The van der Waals surface area contributed by atoms with Crippen LogP contribution < -0.4 is 0 Å². The summed E-state index contributed by atoms with van der Waals surface area (Å²) in [6, 6.07) is 3.32. The van der Waals surface area contributed by atoms with Crippen LogP contribution >= 0.6 is 0 Å². The lowest BCUT2D eigenvalue weighted by Gasteiger charge is -2.05. The lowest BCUT2D eigenvalue weighted by Crippen LogP contribution is -2.03. The molecule has 0 N–H and O–H groups in total. The van der Waals surface area contributed by atoms with Crippen LogP contribution in [0.1, 0.15) is 49.9 Å². The summed E-state index contributed by atoms with van der Waals surface area (Å²) in [5, 5.41) is 16.7. The second-order valence-electron chi connectivity index (χ2n) is 6.56. The number of methoxy groups -OCH3 is 1. The molecule has 0 atom stereocenters. The lowest BCUT2D eigenvalue weighted by atomic mass is 10.1. The van der Waals surface area contributed by atoms with Gasteiger partial charge in [-0.2, -0.15) is 0 Å². The van der Waals surface area contributed by atoms with Crippen LogP contribution in [0.2, 0.25) is 0 Å². The van der Waals surface area contributed by atoms with Crippen LogP contribution in [0.15, 0.2) is 24.5 Å². The third-order valence-electron chi connectivity index (χ3n) is 4.33. The van der Waals surface area contributed by atoms with E-state index >= 15 is 0 Å². The first-order valence-corrected chi connectivity index (χ1v) is 9.56. The van der Waals surface area contributed by atoms with E-state index in [9.17, 15) is 4.79 Å². The van der Waals surface area contributed by atoms with E-state index in [4.69, 9.17) is 4.74 Å². The zero-order valence-corrected chi connectivity index (χ0v) is 16.5. The highest BCUT2D eigenvalue weighted by Crippen LogP contribution is 2.23. The van der Waals surface area contributed by atoms with E-state index in [2.05, 4.69) is 39.5 Å². The number of pyridine rings is 1. The molecular formula is C19H25N7O2. The molecule has 9 heteroatoms. The topological polar surface area (TPSA) is 101 Å². The Labute approximate surface area is 163 Å². The molecule has 0 fully saturated rings. The van der Waals surface area contributed by atoms with Crippen LogP contribution in [0.25, 0.3) is 22.8 Å². The monoisotopic (exact) mass is 383 g/mol. The molecule has 0 bridgehead atoms. The van der Waals surface area contributed by atoms with Gasteiger partial charge in [0.25, 0.3) is 0 Å². The molecule has 3 aromatic rings. The van der Waals surface area contributed by atoms with Crippen molar-refractivity contribution in [2.24, 2.45) is 0 Å². The molecule has 3 aromatic heterocycles. The van der Waals surface area contributed by atoms with E-state index in [1.54, 1.807) is 21.5 Å². The second kappa shape index (κ2) is 9.20. The number of hydrogen-bond donors (Lipinski definition) is 0. The molecule has 0 aromatic carbocycles. The van der Waals surface area contributed by atoms with Gasteiger partial charge in [-0.1, -0.05) is 37.1 Å². The van der Waals surface area contributed by atoms with Gasteiger partial charge in [0.1, 0.15) is 11.4 Å². The van der Waals surface area contributed by atoms with Gasteiger partial charge in [-0.25, -0.2) is 9.78 Å². The van der Waals surface area contributed by atoms with Crippen molar-refractivity contribution in [2.45, 2.75) is 52.6 Å². The molecule has 148 valence electrons. The Bertz CT molecular complexity index is 868. The van der Waals surface area contributed by atoms with Crippen molar-refractivity contribution in [2.75, 3.05) is 7.11 Å². The number of esters is 1. The highest BCUT2D eigenvalue weighted by molar-refractivity contribution is 5.91. The zero-order chi connectivity index (χ0) is 19.9. The summed E-state index contributed by atoms with van der Waals surface area (Å²) < 4.78 is 8.45. The van der Waals surface area contributed by atoms with Crippen LogP contribution in [0, 0.1) is 0 Å². The Kier molecular flexibility index (Phi) is 6.46. The minimum Gasteiger partial charge on any atom is -0.465 e. The first-order valence-electron chi connectivity index (χ1n) is 9.56. The molecule has 0 amide bonds.